The van der Waals surface area contributed by atoms with Gasteiger partial charge in [-0.25, -0.2) is 10.2 Å². The predicted molar refractivity (Wildman–Crippen MR) is 159 cm³/mol. The highest BCUT2D eigenvalue weighted by atomic mass is 35.5. The van der Waals surface area contributed by atoms with Crippen molar-refractivity contribution < 1.29 is 23.8 Å². The van der Waals surface area contributed by atoms with Crippen molar-refractivity contribution in [2.45, 2.75) is 6.61 Å². The van der Waals surface area contributed by atoms with Crippen molar-refractivity contribution >= 4 is 40.5 Å². The van der Waals surface area contributed by atoms with Crippen molar-refractivity contribution in [1.29, 1.82) is 0 Å². The summed E-state index contributed by atoms with van der Waals surface area (Å²) in [6.07, 6.45) is 1.44. The predicted octanol–water partition coefficient (Wildman–Crippen LogP) is 6.82. The van der Waals surface area contributed by atoms with Crippen LogP contribution in [-0.2, 0) is 11.4 Å². The summed E-state index contributed by atoms with van der Waals surface area (Å²) in [6, 6.07) is 34.6. The molecule has 1 amide bonds. The van der Waals surface area contributed by atoms with Crippen LogP contribution in [0.3, 0.4) is 0 Å². The smallest absolute Gasteiger partial charge is 0.345 e. The molecule has 0 unspecified atom stereocenters. The Labute approximate surface area is 241 Å². The van der Waals surface area contributed by atoms with E-state index in [2.05, 4.69) is 10.5 Å². The molecule has 0 spiro atoms. The van der Waals surface area contributed by atoms with Gasteiger partial charge in [-0.2, -0.15) is 5.10 Å². The van der Waals surface area contributed by atoms with Crippen LogP contribution in [0.4, 0.5) is 0 Å². The zero-order valence-electron chi connectivity index (χ0n) is 21.8. The van der Waals surface area contributed by atoms with E-state index < -0.39 is 11.9 Å². The van der Waals surface area contributed by atoms with Crippen LogP contribution in [0.5, 0.6) is 17.2 Å². The minimum absolute atomic E-state index is 0.242. The highest BCUT2D eigenvalue weighted by Crippen LogP contribution is 2.28. The molecule has 0 aliphatic heterocycles. The van der Waals surface area contributed by atoms with Gasteiger partial charge in [-0.3, -0.25) is 4.79 Å². The number of carbonyl (C=O) groups is 2. The van der Waals surface area contributed by atoms with Crippen LogP contribution in [0.25, 0.3) is 10.8 Å². The molecule has 0 saturated heterocycles. The van der Waals surface area contributed by atoms with Crippen LogP contribution < -0.4 is 19.6 Å². The third-order valence-corrected chi connectivity index (χ3v) is 6.38. The number of esters is 1. The van der Waals surface area contributed by atoms with E-state index in [4.69, 9.17) is 25.8 Å². The van der Waals surface area contributed by atoms with E-state index in [1.165, 1.54) is 6.21 Å². The summed E-state index contributed by atoms with van der Waals surface area (Å²) in [7, 11) is 0. The van der Waals surface area contributed by atoms with E-state index in [0.717, 1.165) is 16.3 Å². The van der Waals surface area contributed by atoms with E-state index in [-0.39, 0.29) is 22.9 Å². The highest BCUT2D eigenvalue weighted by molar-refractivity contribution is 6.33. The number of fused-ring (bicyclic) bond motifs is 1. The molecule has 5 aromatic carbocycles. The lowest BCUT2D eigenvalue weighted by Crippen LogP contribution is -2.24. The van der Waals surface area contributed by atoms with Crippen molar-refractivity contribution in [2.75, 3.05) is 6.61 Å². The number of benzene rings is 5. The lowest BCUT2D eigenvalue weighted by atomic mass is 10.0. The Hall–Kier alpha value is -5.14. The maximum atomic E-state index is 12.8. The molecule has 5 aromatic rings. The summed E-state index contributed by atoms with van der Waals surface area (Å²) in [4.78, 5) is 25.2. The van der Waals surface area contributed by atoms with Gasteiger partial charge in [0.1, 0.15) is 23.9 Å². The number of rotatable bonds is 10. The van der Waals surface area contributed by atoms with Gasteiger partial charge in [-0.15, -0.1) is 0 Å². The number of hydrazone groups is 1. The quantitative estimate of drug-likeness (QED) is 0.0870. The monoisotopic (exact) mass is 564 g/mol. The van der Waals surface area contributed by atoms with Crippen molar-refractivity contribution in [1.82, 2.24) is 5.43 Å². The van der Waals surface area contributed by atoms with Gasteiger partial charge >= 0.3 is 5.97 Å². The summed E-state index contributed by atoms with van der Waals surface area (Å²) in [5.74, 6) is 0.419. The van der Waals surface area contributed by atoms with E-state index >= 15 is 0 Å². The topological polar surface area (TPSA) is 86.2 Å². The molecular weight excluding hydrogens is 540 g/mol. The van der Waals surface area contributed by atoms with Crippen LogP contribution in [0.1, 0.15) is 21.5 Å². The number of halogens is 1. The number of amides is 1. The molecule has 0 radical (unpaired) electrons. The zero-order valence-corrected chi connectivity index (χ0v) is 22.6. The molecule has 7 nitrogen and oxygen atoms in total. The van der Waals surface area contributed by atoms with Gasteiger partial charge in [0.05, 0.1) is 16.8 Å². The first-order chi connectivity index (χ1) is 20.1. The third-order valence-electron chi connectivity index (χ3n) is 6.05. The van der Waals surface area contributed by atoms with Gasteiger partial charge in [0, 0.05) is 5.56 Å². The van der Waals surface area contributed by atoms with Crippen LogP contribution in [-0.4, -0.2) is 24.7 Å². The van der Waals surface area contributed by atoms with E-state index in [0.29, 0.717) is 23.7 Å². The fraction of sp³-hybridized carbons (Fsp3) is 0.0606. The van der Waals surface area contributed by atoms with Gasteiger partial charge in [0.2, 0.25) is 0 Å². The lowest BCUT2D eigenvalue weighted by Gasteiger charge is -2.11. The summed E-state index contributed by atoms with van der Waals surface area (Å²) >= 11 is 6.16. The molecule has 1 N–H and O–H groups in total. The summed E-state index contributed by atoms with van der Waals surface area (Å²) in [6.45, 7) is 0.213. The maximum Gasteiger partial charge on any atom is 0.345 e. The van der Waals surface area contributed by atoms with Gasteiger partial charge < -0.3 is 14.2 Å². The fourth-order valence-corrected chi connectivity index (χ4v) is 4.22. The molecule has 0 bridgehead atoms. The number of carbonyl (C=O) groups excluding carboxylic acids is 2. The first kappa shape index (κ1) is 27.4. The molecule has 41 heavy (non-hydrogen) atoms. The second kappa shape index (κ2) is 13.3. The molecule has 0 fully saturated rings. The minimum Gasteiger partial charge on any atom is -0.489 e. The molecule has 5 rings (SSSR count). The first-order valence-corrected chi connectivity index (χ1v) is 13.1. The van der Waals surface area contributed by atoms with Gasteiger partial charge in [0.25, 0.3) is 5.91 Å². The number of nitrogens with one attached hydrogen (secondary N) is 1. The Kier molecular flexibility index (Phi) is 8.88. The maximum absolute atomic E-state index is 12.8. The molecule has 0 aromatic heterocycles. The fourth-order valence-electron chi connectivity index (χ4n) is 4.00. The average molecular weight is 565 g/mol. The van der Waals surface area contributed by atoms with Crippen molar-refractivity contribution in [3.63, 3.8) is 0 Å². The molecule has 8 heteroatoms. The van der Waals surface area contributed by atoms with Crippen molar-refractivity contribution in [2.24, 2.45) is 5.10 Å². The summed E-state index contributed by atoms with van der Waals surface area (Å²) < 4.78 is 17.0. The number of ether oxygens (including phenoxy) is 3. The molecule has 0 heterocycles. The minimum atomic E-state index is -0.602. The summed E-state index contributed by atoms with van der Waals surface area (Å²) in [5, 5.41) is 6.08. The van der Waals surface area contributed by atoms with Crippen LogP contribution in [0, 0.1) is 0 Å². The zero-order chi connectivity index (χ0) is 28.4. The SMILES string of the molecule is O=C(COc1ccc(OCc2ccccc2)cc1)N/N=C/c1c(OC(=O)c2ccccc2Cl)ccc2ccccc12. The Bertz CT molecular complexity index is 1690. The second-order valence-corrected chi connectivity index (χ2v) is 9.30. The van der Waals surface area contributed by atoms with Gasteiger partial charge in [-0.1, -0.05) is 84.4 Å². The molecule has 0 atom stereocenters. The van der Waals surface area contributed by atoms with Crippen molar-refractivity contribution in [3.8, 4) is 17.2 Å². The van der Waals surface area contributed by atoms with Gasteiger partial charge in [0.15, 0.2) is 6.61 Å². The van der Waals surface area contributed by atoms with Crippen LogP contribution in [0.15, 0.2) is 120 Å². The number of hydrogen-bond donors (Lipinski definition) is 1. The highest BCUT2D eigenvalue weighted by Gasteiger charge is 2.16. The normalized spacial score (nSPS) is 10.9. The molecule has 0 aliphatic rings. The Morgan fingerprint density at radius 1 is 0.756 bits per heavy atom. The van der Waals surface area contributed by atoms with Gasteiger partial charge in [-0.05, 0) is 58.8 Å². The van der Waals surface area contributed by atoms with E-state index in [1.54, 1.807) is 54.6 Å². The van der Waals surface area contributed by atoms with E-state index in [9.17, 15) is 9.59 Å². The second-order valence-electron chi connectivity index (χ2n) is 8.90. The van der Waals surface area contributed by atoms with Crippen molar-refractivity contribution in [3.05, 3.63) is 137 Å². The molecular formula is C33H25ClN2O5. The molecule has 204 valence electrons. The largest absolute Gasteiger partial charge is 0.489 e. The lowest BCUT2D eigenvalue weighted by molar-refractivity contribution is -0.123. The van der Waals surface area contributed by atoms with Crippen LogP contribution in [0.2, 0.25) is 5.02 Å². The molecule has 0 aliphatic carbocycles. The Balaban J connectivity index is 1.20. The average Bonchev–Trinajstić information content (AvgIpc) is 3.01. The first-order valence-electron chi connectivity index (χ1n) is 12.8. The number of hydrogen-bond acceptors (Lipinski definition) is 6. The molecule has 0 saturated carbocycles. The summed E-state index contributed by atoms with van der Waals surface area (Å²) in [5.41, 5.74) is 4.29. The third kappa shape index (κ3) is 7.29. The Morgan fingerprint density at radius 2 is 1.44 bits per heavy atom. The standard InChI is InChI=1S/C33H25ClN2O5/c34-30-13-7-6-12-28(30)33(38)41-31-19-14-24-10-4-5-11-27(24)29(31)20-35-36-32(37)22-40-26-17-15-25(16-18-26)39-21-23-8-2-1-3-9-23/h1-20H,21-22H2,(H,36,37)/b35-20+. The van der Waals surface area contributed by atoms with Crippen LogP contribution >= 0.6 is 11.6 Å². The number of nitrogens with zero attached hydrogens (tertiary/aromatic N) is 1. The van der Waals surface area contributed by atoms with E-state index in [1.807, 2.05) is 60.7 Å². The Morgan fingerprint density at radius 3 is 2.22 bits per heavy atom.